The maximum Gasteiger partial charge on any atom is 0.318 e. The van der Waals surface area contributed by atoms with Crippen molar-refractivity contribution in [3.05, 3.63) is 71.7 Å². The van der Waals surface area contributed by atoms with Crippen LogP contribution >= 0.6 is 11.8 Å². The Kier molecular flexibility index (Phi) is 5.71. The minimum absolute atomic E-state index is 0.241. The predicted molar refractivity (Wildman–Crippen MR) is 105 cm³/mol. The van der Waals surface area contributed by atoms with Gasteiger partial charge in [0.25, 0.3) is 5.91 Å². The van der Waals surface area contributed by atoms with Crippen LogP contribution in [0.25, 0.3) is 6.08 Å². The highest BCUT2D eigenvalue weighted by atomic mass is 32.2. The van der Waals surface area contributed by atoms with Gasteiger partial charge in [-0.2, -0.15) is 0 Å². The third-order valence-corrected chi connectivity index (χ3v) is 4.86. The SMILES string of the molecule is COC(=O)[C@H](C)SC1=N/C(=C\c2ccccc2)C(=O)N1c1ccc(F)cc1. The van der Waals surface area contributed by atoms with Crippen LogP contribution in [0.3, 0.4) is 0 Å². The monoisotopic (exact) mass is 384 g/mol. The molecule has 1 aliphatic rings. The molecule has 0 aliphatic carbocycles. The lowest BCUT2D eigenvalue weighted by Crippen LogP contribution is -2.32. The average Bonchev–Trinajstić information content (AvgIpc) is 2.97. The second kappa shape index (κ2) is 8.18. The second-order valence-corrected chi connectivity index (χ2v) is 7.04. The third kappa shape index (κ3) is 4.25. The molecule has 0 aromatic heterocycles. The molecule has 3 rings (SSSR count). The number of amidine groups is 1. The van der Waals surface area contributed by atoms with Gasteiger partial charge in [0, 0.05) is 0 Å². The van der Waals surface area contributed by atoms with Crippen LogP contribution in [0.15, 0.2) is 65.3 Å². The summed E-state index contributed by atoms with van der Waals surface area (Å²) >= 11 is 1.11. The van der Waals surface area contributed by atoms with Crippen molar-refractivity contribution in [3.63, 3.8) is 0 Å². The first-order valence-electron chi connectivity index (χ1n) is 8.19. The van der Waals surface area contributed by atoms with Gasteiger partial charge >= 0.3 is 5.97 Å². The summed E-state index contributed by atoms with van der Waals surface area (Å²) < 4.78 is 18.0. The van der Waals surface area contributed by atoms with E-state index >= 15 is 0 Å². The first-order chi connectivity index (χ1) is 13.0. The summed E-state index contributed by atoms with van der Waals surface area (Å²) in [6.45, 7) is 1.67. The van der Waals surface area contributed by atoms with Crippen molar-refractivity contribution >= 4 is 40.6 Å². The maximum absolute atomic E-state index is 13.3. The molecule has 7 heteroatoms. The van der Waals surface area contributed by atoms with Gasteiger partial charge in [-0.15, -0.1) is 0 Å². The average molecular weight is 384 g/mol. The molecule has 1 aliphatic heterocycles. The Morgan fingerprint density at radius 1 is 1.19 bits per heavy atom. The number of ether oxygens (including phenoxy) is 1. The van der Waals surface area contributed by atoms with Crippen molar-refractivity contribution in [2.45, 2.75) is 12.2 Å². The van der Waals surface area contributed by atoms with Crippen molar-refractivity contribution < 1.29 is 18.7 Å². The van der Waals surface area contributed by atoms with Gasteiger partial charge in [-0.25, -0.2) is 9.38 Å². The minimum Gasteiger partial charge on any atom is -0.468 e. The topological polar surface area (TPSA) is 59.0 Å². The molecule has 0 N–H and O–H groups in total. The Morgan fingerprint density at radius 2 is 1.85 bits per heavy atom. The first kappa shape index (κ1) is 18.8. The van der Waals surface area contributed by atoms with Crippen LogP contribution in [0.1, 0.15) is 12.5 Å². The summed E-state index contributed by atoms with van der Waals surface area (Å²) in [6.07, 6.45) is 1.68. The number of benzene rings is 2. The Hall–Kier alpha value is -2.93. The normalized spacial score (nSPS) is 16.4. The number of halogens is 1. The van der Waals surface area contributed by atoms with Crippen LogP contribution in [-0.4, -0.2) is 29.4 Å². The van der Waals surface area contributed by atoms with E-state index < -0.39 is 17.0 Å². The molecule has 1 amide bonds. The molecule has 1 heterocycles. The number of nitrogens with zero attached hydrogens (tertiary/aromatic N) is 2. The van der Waals surface area contributed by atoms with E-state index in [1.54, 1.807) is 13.0 Å². The van der Waals surface area contributed by atoms with Crippen LogP contribution in [0.4, 0.5) is 10.1 Å². The van der Waals surface area contributed by atoms with Gasteiger partial charge in [-0.05, 0) is 42.8 Å². The lowest BCUT2D eigenvalue weighted by molar-refractivity contribution is -0.139. The number of thioether (sulfide) groups is 1. The first-order valence-corrected chi connectivity index (χ1v) is 9.07. The van der Waals surface area contributed by atoms with Crippen LogP contribution in [0, 0.1) is 5.82 Å². The maximum atomic E-state index is 13.3. The number of methoxy groups -OCH3 is 1. The zero-order chi connectivity index (χ0) is 19.4. The highest BCUT2D eigenvalue weighted by Crippen LogP contribution is 2.31. The number of hydrogen-bond acceptors (Lipinski definition) is 5. The number of aliphatic imine (C=N–C) groups is 1. The molecule has 0 fully saturated rings. The van der Waals surface area contributed by atoms with E-state index in [2.05, 4.69) is 4.99 Å². The minimum atomic E-state index is -0.555. The fraction of sp³-hybridized carbons (Fsp3) is 0.150. The highest BCUT2D eigenvalue weighted by Gasteiger charge is 2.34. The summed E-state index contributed by atoms with van der Waals surface area (Å²) in [5.74, 6) is -1.17. The number of carbonyl (C=O) groups is 2. The molecule has 1 atom stereocenters. The van der Waals surface area contributed by atoms with Crippen molar-refractivity contribution in [1.29, 1.82) is 0 Å². The summed E-state index contributed by atoms with van der Waals surface area (Å²) in [6, 6.07) is 14.9. The van der Waals surface area contributed by atoms with Crippen molar-refractivity contribution in [2.24, 2.45) is 4.99 Å². The van der Waals surface area contributed by atoms with Gasteiger partial charge in [0.15, 0.2) is 5.17 Å². The molecular formula is C20H17FN2O3S. The number of anilines is 1. The molecule has 2 aromatic rings. The fourth-order valence-corrected chi connectivity index (χ4v) is 3.43. The van der Waals surface area contributed by atoms with E-state index in [4.69, 9.17) is 4.74 Å². The van der Waals surface area contributed by atoms with Gasteiger partial charge < -0.3 is 4.74 Å². The Morgan fingerprint density at radius 3 is 2.48 bits per heavy atom. The van der Waals surface area contributed by atoms with Gasteiger partial charge in [0.05, 0.1) is 12.8 Å². The lowest BCUT2D eigenvalue weighted by atomic mass is 10.2. The van der Waals surface area contributed by atoms with Gasteiger partial charge in [0.2, 0.25) is 0 Å². The highest BCUT2D eigenvalue weighted by molar-refractivity contribution is 8.15. The fourth-order valence-electron chi connectivity index (χ4n) is 2.47. The van der Waals surface area contributed by atoms with E-state index in [9.17, 15) is 14.0 Å². The Labute approximate surface area is 160 Å². The number of amides is 1. The molecule has 0 saturated heterocycles. The zero-order valence-electron chi connectivity index (χ0n) is 14.8. The largest absolute Gasteiger partial charge is 0.468 e. The number of esters is 1. The van der Waals surface area contributed by atoms with Crippen molar-refractivity contribution in [2.75, 3.05) is 12.0 Å². The van der Waals surface area contributed by atoms with Crippen LogP contribution in [0.5, 0.6) is 0 Å². The van der Waals surface area contributed by atoms with E-state index in [0.717, 1.165) is 17.3 Å². The van der Waals surface area contributed by atoms with E-state index in [0.29, 0.717) is 10.9 Å². The lowest BCUT2D eigenvalue weighted by Gasteiger charge is -2.19. The van der Waals surface area contributed by atoms with Gasteiger partial charge in [0.1, 0.15) is 16.8 Å². The molecule has 27 heavy (non-hydrogen) atoms. The molecular weight excluding hydrogens is 367 g/mol. The van der Waals surface area contributed by atoms with Gasteiger partial charge in [-0.1, -0.05) is 42.1 Å². The Bertz CT molecular complexity index is 911. The summed E-state index contributed by atoms with van der Waals surface area (Å²) in [5, 5.41) is -0.215. The standard InChI is InChI=1S/C20H17FN2O3S/c1-13(19(25)26-2)27-20-22-17(12-14-6-4-3-5-7-14)18(24)23(20)16-10-8-15(21)9-11-16/h3-13H,1-2H3/b17-12-/t13-/m0/s1. The summed E-state index contributed by atoms with van der Waals surface area (Å²) in [5.41, 5.74) is 1.54. The van der Waals surface area contributed by atoms with Crippen molar-refractivity contribution in [3.8, 4) is 0 Å². The smallest absolute Gasteiger partial charge is 0.318 e. The molecule has 0 bridgehead atoms. The zero-order valence-corrected chi connectivity index (χ0v) is 15.6. The third-order valence-electron chi connectivity index (χ3n) is 3.83. The van der Waals surface area contributed by atoms with E-state index in [1.165, 1.54) is 36.3 Å². The molecule has 5 nitrogen and oxygen atoms in total. The van der Waals surface area contributed by atoms with Crippen molar-refractivity contribution in [1.82, 2.24) is 0 Å². The Balaban J connectivity index is 1.98. The molecule has 0 saturated carbocycles. The van der Waals surface area contributed by atoms with Crippen LogP contribution in [-0.2, 0) is 14.3 Å². The van der Waals surface area contributed by atoms with Crippen LogP contribution < -0.4 is 4.90 Å². The molecule has 138 valence electrons. The predicted octanol–water partition coefficient (Wildman–Crippen LogP) is 3.86. The molecule has 0 spiro atoms. The molecule has 0 unspecified atom stereocenters. The van der Waals surface area contributed by atoms with E-state index in [1.807, 2.05) is 30.3 Å². The number of rotatable bonds is 4. The molecule has 0 radical (unpaired) electrons. The number of carbonyl (C=O) groups excluding carboxylic acids is 2. The van der Waals surface area contributed by atoms with Gasteiger partial charge in [-0.3, -0.25) is 14.5 Å². The molecule has 2 aromatic carbocycles. The van der Waals surface area contributed by atoms with Crippen LogP contribution in [0.2, 0.25) is 0 Å². The second-order valence-electron chi connectivity index (χ2n) is 5.73. The van der Waals surface area contributed by atoms with E-state index in [-0.39, 0.29) is 11.6 Å². The quantitative estimate of drug-likeness (QED) is 0.593. The summed E-state index contributed by atoms with van der Waals surface area (Å²) in [4.78, 5) is 30.5. The summed E-state index contributed by atoms with van der Waals surface area (Å²) in [7, 11) is 1.31. The number of hydrogen-bond donors (Lipinski definition) is 0.